The summed E-state index contributed by atoms with van der Waals surface area (Å²) in [5.74, 6) is 0. The van der Waals surface area contributed by atoms with Crippen LogP contribution in [0.5, 0.6) is 0 Å². The van der Waals surface area contributed by atoms with Crippen LogP contribution in [0.3, 0.4) is 0 Å². The Morgan fingerprint density at radius 1 is 1.00 bits per heavy atom. The molecule has 0 N–H and O–H groups in total. The molecule has 5 nitrogen and oxygen atoms in total. The fourth-order valence-corrected chi connectivity index (χ4v) is 4.17. The van der Waals surface area contributed by atoms with Gasteiger partial charge in [-0.25, -0.2) is 4.79 Å². The van der Waals surface area contributed by atoms with Crippen molar-refractivity contribution in [1.29, 1.82) is 0 Å². The molecule has 0 radical (unpaired) electrons. The van der Waals surface area contributed by atoms with Gasteiger partial charge in [-0.1, -0.05) is 60.7 Å². The van der Waals surface area contributed by atoms with E-state index < -0.39 is 11.3 Å². The lowest BCUT2D eigenvalue weighted by atomic mass is 10.0. The van der Waals surface area contributed by atoms with Gasteiger partial charge >= 0.3 is 6.09 Å². The number of hydrogen-bond acceptors (Lipinski definition) is 4. The quantitative estimate of drug-likeness (QED) is 0.640. The highest BCUT2D eigenvalue weighted by Gasteiger charge is 2.49. The molecule has 30 heavy (non-hydrogen) atoms. The number of carbonyl (C=O) groups excluding carboxylic acids is 1. The number of benzene rings is 2. The van der Waals surface area contributed by atoms with Gasteiger partial charge in [-0.3, -0.25) is 9.80 Å². The molecule has 1 aliphatic rings. The molecule has 1 heterocycles. The number of nitrogens with zero attached hydrogens (tertiary/aromatic N) is 2. The molecule has 5 heteroatoms. The Balaban J connectivity index is 1.67. The third kappa shape index (κ3) is 5.61. The molecule has 0 aromatic heterocycles. The predicted molar refractivity (Wildman–Crippen MR) is 119 cm³/mol. The highest BCUT2D eigenvalue weighted by atomic mass is 16.6. The van der Waals surface area contributed by atoms with E-state index in [4.69, 9.17) is 9.47 Å². The zero-order valence-corrected chi connectivity index (χ0v) is 18.8. The Morgan fingerprint density at radius 3 is 1.93 bits per heavy atom. The van der Waals surface area contributed by atoms with E-state index in [1.165, 1.54) is 11.1 Å². The lowest BCUT2D eigenvalue weighted by Crippen LogP contribution is -2.53. The van der Waals surface area contributed by atoms with Crippen LogP contribution in [-0.2, 0) is 22.6 Å². The maximum absolute atomic E-state index is 13.0. The summed E-state index contributed by atoms with van der Waals surface area (Å²) in [6.07, 6.45) is -0.577. The van der Waals surface area contributed by atoms with Crippen LogP contribution in [0.15, 0.2) is 60.7 Å². The number of rotatable bonds is 7. The second-order valence-electron chi connectivity index (χ2n) is 9.22. The van der Waals surface area contributed by atoms with Crippen molar-refractivity contribution in [2.75, 3.05) is 13.2 Å². The van der Waals surface area contributed by atoms with E-state index in [0.29, 0.717) is 13.2 Å². The van der Waals surface area contributed by atoms with Crippen LogP contribution in [-0.4, -0.2) is 46.4 Å². The van der Waals surface area contributed by atoms with E-state index in [-0.39, 0.29) is 12.2 Å². The summed E-state index contributed by atoms with van der Waals surface area (Å²) >= 11 is 0. The van der Waals surface area contributed by atoms with Crippen LogP contribution >= 0.6 is 0 Å². The minimum Gasteiger partial charge on any atom is -0.445 e. The van der Waals surface area contributed by atoms with Crippen LogP contribution < -0.4 is 0 Å². The standard InChI is InChI=1S/C25H34N2O3/c1-20(30-23(28)27-24(2,3)19-29-25(27,4)5)16-26(17-21-12-8-6-9-13-21)18-22-14-10-7-11-15-22/h6-15,20H,16-19H2,1-5H3/t20-/m0/s1. The number of ether oxygens (including phenoxy) is 2. The molecule has 1 aliphatic heterocycles. The van der Waals surface area contributed by atoms with Crippen molar-refractivity contribution >= 4 is 6.09 Å². The minimum absolute atomic E-state index is 0.253. The lowest BCUT2D eigenvalue weighted by Gasteiger charge is -2.37. The number of hydrogen-bond donors (Lipinski definition) is 0. The van der Waals surface area contributed by atoms with E-state index in [1.54, 1.807) is 4.90 Å². The Hall–Kier alpha value is -2.37. The van der Waals surface area contributed by atoms with E-state index in [0.717, 1.165) is 13.1 Å². The monoisotopic (exact) mass is 410 g/mol. The summed E-state index contributed by atoms with van der Waals surface area (Å²) in [7, 11) is 0. The molecule has 2 aromatic carbocycles. The average molecular weight is 411 g/mol. The van der Waals surface area contributed by atoms with Gasteiger partial charge in [0.1, 0.15) is 11.8 Å². The van der Waals surface area contributed by atoms with E-state index in [1.807, 2.05) is 46.8 Å². The Labute approximate surface area is 180 Å². The van der Waals surface area contributed by atoms with E-state index in [2.05, 4.69) is 53.4 Å². The third-order valence-corrected chi connectivity index (χ3v) is 5.42. The van der Waals surface area contributed by atoms with E-state index in [9.17, 15) is 4.79 Å². The molecule has 0 unspecified atom stereocenters. The molecule has 1 atom stereocenters. The fourth-order valence-electron chi connectivity index (χ4n) is 4.17. The predicted octanol–water partition coefficient (Wildman–Crippen LogP) is 5.06. The van der Waals surface area contributed by atoms with Crippen molar-refractivity contribution in [2.45, 2.75) is 65.1 Å². The SMILES string of the molecule is C[C@@H](CN(Cc1ccccc1)Cc1ccccc1)OC(=O)N1C(C)(C)COC1(C)C. The molecule has 2 aromatic rings. The fraction of sp³-hybridized carbons (Fsp3) is 0.480. The highest BCUT2D eigenvalue weighted by molar-refractivity contribution is 5.70. The molecular weight excluding hydrogens is 376 g/mol. The topological polar surface area (TPSA) is 42.0 Å². The number of amides is 1. The molecule has 3 rings (SSSR count). The normalized spacial score (nSPS) is 18.4. The summed E-state index contributed by atoms with van der Waals surface area (Å²) in [6.45, 7) is 12.5. The van der Waals surface area contributed by atoms with Crippen LogP contribution in [0.4, 0.5) is 4.79 Å². The molecule has 0 spiro atoms. The first-order valence-corrected chi connectivity index (χ1v) is 10.6. The Bertz CT molecular complexity index is 763. The van der Waals surface area contributed by atoms with Gasteiger partial charge in [0.2, 0.25) is 0 Å². The summed E-state index contributed by atoms with van der Waals surface area (Å²) in [5.41, 5.74) is 1.41. The van der Waals surface area contributed by atoms with E-state index >= 15 is 0 Å². The van der Waals surface area contributed by atoms with Crippen molar-refractivity contribution < 1.29 is 14.3 Å². The van der Waals surface area contributed by atoms with Gasteiger partial charge in [-0.05, 0) is 45.7 Å². The summed E-state index contributed by atoms with van der Waals surface area (Å²) < 4.78 is 11.7. The van der Waals surface area contributed by atoms with Crippen molar-refractivity contribution in [3.63, 3.8) is 0 Å². The first-order valence-electron chi connectivity index (χ1n) is 10.6. The smallest absolute Gasteiger partial charge is 0.412 e. The first-order chi connectivity index (χ1) is 14.2. The summed E-state index contributed by atoms with van der Waals surface area (Å²) in [4.78, 5) is 17.0. The molecule has 162 valence electrons. The molecular formula is C25H34N2O3. The largest absolute Gasteiger partial charge is 0.445 e. The van der Waals surface area contributed by atoms with Gasteiger partial charge in [-0.15, -0.1) is 0 Å². The maximum Gasteiger partial charge on any atom is 0.412 e. The average Bonchev–Trinajstić information content (AvgIpc) is 2.90. The van der Waals surface area contributed by atoms with Crippen molar-refractivity contribution in [3.05, 3.63) is 71.8 Å². The van der Waals surface area contributed by atoms with Crippen LogP contribution in [0, 0.1) is 0 Å². The molecule has 0 saturated carbocycles. The molecule has 0 aliphatic carbocycles. The van der Waals surface area contributed by atoms with Gasteiger partial charge in [0.05, 0.1) is 12.1 Å². The zero-order chi connectivity index (χ0) is 21.8. The second kappa shape index (κ2) is 9.19. The molecule has 0 bridgehead atoms. The Kier molecular flexibility index (Phi) is 6.84. The lowest BCUT2D eigenvalue weighted by molar-refractivity contribution is -0.0592. The third-order valence-electron chi connectivity index (χ3n) is 5.42. The number of carbonyl (C=O) groups is 1. The molecule has 1 saturated heterocycles. The first kappa shape index (κ1) is 22.3. The van der Waals surface area contributed by atoms with Crippen molar-refractivity contribution in [3.8, 4) is 0 Å². The van der Waals surface area contributed by atoms with Crippen LogP contribution in [0.25, 0.3) is 0 Å². The Morgan fingerprint density at radius 2 is 1.50 bits per heavy atom. The van der Waals surface area contributed by atoms with Crippen LogP contribution in [0.1, 0.15) is 45.7 Å². The summed E-state index contributed by atoms with van der Waals surface area (Å²) in [5, 5.41) is 0. The van der Waals surface area contributed by atoms with Crippen molar-refractivity contribution in [1.82, 2.24) is 9.80 Å². The molecule has 1 fully saturated rings. The zero-order valence-electron chi connectivity index (χ0n) is 18.8. The minimum atomic E-state index is -0.673. The van der Waals surface area contributed by atoms with Gasteiger partial charge in [-0.2, -0.15) is 0 Å². The summed E-state index contributed by atoms with van der Waals surface area (Å²) in [6, 6.07) is 20.8. The van der Waals surface area contributed by atoms with Gasteiger partial charge in [0, 0.05) is 19.6 Å². The van der Waals surface area contributed by atoms with Gasteiger partial charge < -0.3 is 9.47 Å². The van der Waals surface area contributed by atoms with Crippen LogP contribution in [0.2, 0.25) is 0 Å². The van der Waals surface area contributed by atoms with Crippen molar-refractivity contribution in [2.24, 2.45) is 0 Å². The second-order valence-corrected chi connectivity index (χ2v) is 9.22. The maximum atomic E-state index is 13.0. The molecule has 1 amide bonds. The highest BCUT2D eigenvalue weighted by Crippen LogP contribution is 2.35. The van der Waals surface area contributed by atoms with Gasteiger partial charge in [0.25, 0.3) is 0 Å². The van der Waals surface area contributed by atoms with Gasteiger partial charge in [0.15, 0.2) is 0 Å².